The van der Waals surface area contributed by atoms with E-state index in [1.54, 1.807) is 0 Å². The van der Waals surface area contributed by atoms with Crippen LogP contribution >= 0.6 is 11.8 Å². The first kappa shape index (κ1) is 22.9. The predicted molar refractivity (Wildman–Crippen MR) is 118 cm³/mol. The highest BCUT2D eigenvalue weighted by Gasteiger charge is 2.18. The number of fused-ring (bicyclic) bond motifs is 1. The summed E-state index contributed by atoms with van der Waals surface area (Å²) < 4.78 is 5.67. The van der Waals surface area contributed by atoms with Gasteiger partial charge in [-0.15, -0.1) is 10.2 Å². The van der Waals surface area contributed by atoms with E-state index in [9.17, 15) is 4.79 Å². The van der Waals surface area contributed by atoms with Crippen molar-refractivity contribution in [3.05, 3.63) is 71.2 Å². The van der Waals surface area contributed by atoms with E-state index >= 15 is 0 Å². The molecule has 0 saturated heterocycles. The first-order valence-electron chi connectivity index (χ1n) is 9.63. The summed E-state index contributed by atoms with van der Waals surface area (Å²) in [5.41, 5.74) is 11.4. The molecule has 0 fully saturated rings. The summed E-state index contributed by atoms with van der Waals surface area (Å²) in [7, 11) is 0. The number of H-pyrrole nitrogens is 1. The van der Waals surface area contributed by atoms with Crippen LogP contribution in [0.5, 0.6) is 0 Å². The molecule has 1 amide bonds. The summed E-state index contributed by atoms with van der Waals surface area (Å²) in [6.07, 6.45) is 2.53. The number of anilines is 1. The molecule has 2 aromatic heterocycles. The van der Waals surface area contributed by atoms with E-state index in [2.05, 4.69) is 26.6 Å². The minimum atomic E-state index is -0.421. The number of carbonyl (C=O) groups excluding carboxylic acids is 1. The van der Waals surface area contributed by atoms with Gasteiger partial charge < -0.3 is 32.9 Å². The topological polar surface area (TPSA) is 110 Å². The Kier molecular flexibility index (Phi) is 7.37. The van der Waals surface area contributed by atoms with Crippen molar-refractivity contribution in [2.75, 3.05) is 11.1 Å². The van der Waals surface area contributed by atoms with Gasteiger partial charge in [0.2, 0.25) is 11.8 Å². The van der Waals surface area contributed by atoms with E-state index in [1.807, 2.05) is 56.4 Å². The molecule has 0 aliphatic heterocycles. The maximum absolute atomic E-state index is 12.2. The summed E-state index contributed by atoms with van der Waals surface area (Å²) in [4.78, 5) is 15.5. The molecule has 1 atom stereocenters. The van der Waals surface area contributed by atoms with Gasteiger partial charge in [0, 0.05) is 22.8 Å². The maximum Gasteiger partial charge on any atom is 0.277 e. The number of thioether (sulfide) groups is 1. The Bertz CT molecular complexity index is 1190. The molecule has 4 aromatic rings. The van der Waals surface area contributed by atoms with Gasteiger partial charge in [-0.25, -0.2) is 0 Å². The van der Waals surface area contributed by atoms with Gasteiger partial charge in [-0.2, -0.15) is 0 Å². The van der Waals surface area contributed by atoms with Crippen molar-refractivity contribution in [2.45, 2.75) is 31.5 Å². The molecule has 31 heavy (non-hydrogen) atoms. The third-order valence-corrected chi connectivity index (χ3v) is 5.66. The number of para-hydroxylation sites is 1. The number of hydrogen-bond donors (Lipinski definition) is 3. The Balaban J connectivity index is 0.00000272. The number of carbonyl (C=O) groups is 1. The number of rotatable bonds is 7. The Labute approximate surface area is 190 Å². The Hall–Kier alpha value is -2.81. The van der Waals surface area contributed by atoms with Gasteiger partial charge in [-0.05, 0) is 43.5 Å². The van der Waals surface area contributed by atoms with Crippen molar-refractivity contribution in [1.29, 1.82) is 0 Å². The molecule has 0 radical (unpaired) electrons. The number of nitrogens with two attached hydrogens (primary N) is 1. The van der Waals surface area contributed by atoms with E-state index in [4.69, 9.17) is 10.2 Å². The molecular weight excluding hydrogens is 434 g/mol. The maximum atomic E-state index is 12.2. The highest BCUT2D eigenvalue weighted by Crippen LogP contribution is 2.25. The van der Waals surface area contributed by atoms with Gasteiger partial charge in [-0.1, -0.05) is 47.7 Å². The number of benzene rings is 2. The molecule has 0 aliphatic carbocycles. The largest absolute Gasteiger partial charge is 1.00 e. The first-order chi connectivity index (χ1) is 14.5. The number of hydrogen-bond acceptors (Lipinski definition) is 6. The fourth-order valence-corrected chi connectivity index (χ4v) is 3.89. The minimum Gasteiger partial charge on any atom is -1.00 e. The molecule has 0 bridgehead atoms. The second-order valence-corrected chi connectivity index (χ2v) is 8.16. The van der Waals surface area contributed by atoms with Crippen LogP contribution in [0, 0.1) is 13.8 Å². The number of aromatic amines is 1. The fraction of sp³-hybridized carbons (Fsp3) is 0.227. The molecule has 162 valence electrons. The van der Waals surface area contributed by atoms with Crippen LogP contribution < -0.4 is 23.5 Å². The number of amides is 1. The first-order valence-corrected chi connectivity index (χ1v) is 10.6. The molecule has 0 spiro atoms. The molecule has 0 saturated carbocycles. The molecule has 7 nitrogen and oxygen atoms in total. The summed E-state index contributed by atoms with van der Waals surface area (Å²) in [5.74, 6) is 0.402. The van der Waals surface area contributed by atoms with Gasteiger partial charge in [0.1, 0.15) is 0 Å². The van der Waals surface area contributed by atoms with E-state index < -0.39 is 6.04 Å². The van der Waals surface area contributed by atoms with Crippen LogP contribution in [0.15, 0.2) is 58.3 Å². The lowest BCUT2D eigenvalue weighted by Gasteiger charge is -2.08. The molecule has 9 heteroatoms. The van der Waals surface area contributed by atoms with Gasteiger partial charge in [-0.3, -0.25) is 4.79 Å². The zero-order valence-electron chi connectivity index (χ0n) is 17.2. The van der Waals surface area contributed by atoms with Crippen LogP contribution in [-0.4, -0.2) is 26.8 Å². The van der Waals surface area contributed by atoms with E-state index in [-0.39, 0.29) is 24.1 Å². The monoisotopic (exact) mass is 456 g/mol. The van der Waals surface area contributed by atoms with Crippen molar-refractivity contribution in [3.63, 3.8) is 0 Å². The standard InChI is InChI=1S/C22H23N5O2S.ClH/c1-13-7-8-18(14(2)9-13)25-20(28)12-30-22-27-26-21(29-22)17(23)10-15-11-24-19-6-4-3-5-16(15)19;/h3-9,11,17,24H,10,12,23H2,1-2H3,(H,25,28);1H/p-1/t17-;/m0./s1. The molecule has 0 aliphatic rings. The number of aromatic nitrogens is 3. The van der Waals surface area contributed by atoms with Crippen molar-refractivity contribution >= 4 is 34.3 Å². The average Bonchev–Trinajstić information content (AvgIpc) is 3.36. The van der Waals surface area contributed by atoms with E-state index in [1.165, 1.54) is 11.8 Å². The highest BCUT2D eigenvalue weighted by molar-refractivity contribution is 7.99. The summed E-state index contributed by atoms with van der Waals surface area (Å²) in [6.45, 7) is 3.99. The van der Waals surface area contributed by atoms with Crippen LogP contribution in [0.2, 0.25) is 0 Å². The molecular formula is C22H23ClN5O2S-. The number of nitrogens with one attached hydrogen (secondary N) is 2. The Morgan fingerprint density at radius 2 is 2.03 bits per heavy atom. The van der Waals surface area contributed by atoms with Crippen LogP contribution in [0.1, 0.15) is 28.6 Å². The molecule has 2 heterocycles. The van der Waals surface area contributed by atoms with E-state index in [0.29, 0.717) is 17.5 Å². The van der Waals surface area contributed by atoms with Crippen molar-refractivity contribution in [3.8, 4) is 0 Å². The lowest BCUT2D eigenvalue weighted by atomic mass is 10.1. The van der Waals surface area contributed by atoms with Crippen molar-refractivity contribution in [1.82, 2.24) is 15.2 Å². The molecule has 4 rings (SSSR count). The minimum absolute atomic E-state index is 0. The quantitative estimate of drug-likeness (QED) is 0.360. The smallest absolute Gasteiger partial charge is 0.277 e. The van der Waals surface area contributed by atoms with Gasteiger partial charge >= 0.3 is 0 Å². The Morgan fingerprint density at radius 3 is 2.84 bits per heavy atom. The molecule has 2 aromatic carbocycles. The highest BCUT2D eigenvalue weighted by atomic mass is 35.5. The van der Waals surface area contributed by atoms with E-state index in [0.717, 1.165) is 33.3 Å². The number of aryl methyl sites for hydroxylation is 2. The third kappa shape index (κ3) is 5.46. The summed E-state index contributed by atoms with van der Waals surface area (Å²) >= 11 is 1.19. The van der Waals surface area contributed by atoms with Crippen LogP contribution in [0.3, 0.4) is 0 Å². The van der Waals surface area contributed by atoms with Gasteiger partial charge in [0.05, 0.1) is 11.8 Å². The lowest BCUT2D eigenvalue weighted by Crippen LogP contribution is -3.00. The fourth-order valence-electron chi connectivity index (χ4n) is 3.32. The predicted octanol–water partition coefficient (Wildman–Crippen LogP) is 1.15. The van der Waals surface area contributed by atoms with Crippen LogP contribution in [0.4, 0.5) is 5.69 Å². The normalized spacial score (nSPS) is 11.8. The number of halogens is 1. The second-order valence-electron chi connectivity index (χ2n) is 7.23. The summed E-state index contributed by atoms with van der Waals surface area (Å²) in [5, 5.41) is 12.4. The van der Waals surface area contributed by atoms with Crippen LogP contribution in [0.25, 0.3) is 10.9 Å². The zero-order valence-corrected chi connectivity index (χ0v) is 18.8. The van der Waals surface area contributed by atoms with Crippen molar-refractivity contribution < 1.29 is 21.6 Å². The van der Waals surface area contributed by atoms with Crippen LogP contribution in [-0.2, 0) is 11.2 Å². The summed E-state index contributed by atoms with van der Waals surface area (Å²) in [6, 6.07) is 13.5. The second kappa shape index (κ2) is 10.00. The average molecular weight is 457 g/mol. The SMILES string of the molecule is Cc1ccc(NC(=O)CSc2nnc([C@@H](N)Cc3c[nH]c4ccccc34)o2)c(C)c1.[Cl-]. The molecule has 4 N–H and O–H groups in total. The zero-order chi connectivity index (χ0) is 21.1. The lowest BCUT2D eigenvalue weighted by molar-refractivity contribution is -0.113. The van der Waals surface area contributed by atoms with Gasteiger partial charge in [0.25, 0.3) is 5.22 Å². The Morgan fingerprint density at radius 1 is 1.23 bits per heavy atom. The van der Waals surface area contributed by atoms with Crippen molar-refractivity contribution in [2.24, 2.45) is 5.73 Å². The molecule has 0 unspecified atom stereocenters. The van der Waals surface area contributed by atoms with Gasteiger partial charge in [0.15, 0.2) is 0 Å². The number of nitrogens with zero attached hydrogens (tertiary/aromatic N) is 2. The third-order valence-electron chi connectivity index (χ3n) is 4.84.